The molecule has 10 rings (SSSR count). The van der Waals surface area contributed by atoms with Crippen LogP contribution < -0.4 is 19.9 Å². The van der Waals surface area contributed by atoms with Gasteiger partial charge in [0.15, 0.2) is 0 Å². The van der Waals surface area contributed by atoms with E-state index in [2.05, 4.69) is 61.9 Å². The van der Waals surface area contributed by atoms with E-state index in [4.69, 9.17) is 31.2 Å². The van der Waals surface area contributed by atoms with Gasteiger partial charge in [-0.05, 0) is 96.8 Å². The van der Waals surface area contributed by atoms with Crippen molar-refractivity contribution in [2.45, 2.75) is 75.9 Å². The summed E-state index contributed by atoms with van der Waals surface area (Å²) in [7, 11) is 0. The summed E-state index contributed by atoms with van der Waals surface area (Å²) in [5.41, 5.74) is 4.64. The van der Waals surface area contributed by atoms with Crippen LogP contribution in [0.15, 0.2) is 72.9 Å². The van der Waals surface area contributed by atoms with Gasteiger partial charge in [-0.2, -0.15) is 18.4 Å². The molecule has 16 nitrogen and oxygen atoms in total. The molecule has 20 heteroatoms. The zero-order chi connectivity index (χ0) is 49.6. The van der Waals surface area contributed by atoms with Gasteiger partial charge in [-0.1, -0.05) is 37.6 Å². The first-order valence-corrected chi connectivity index (χ1v) is 23.6. The molecule has 3 unspecified atom stereocenters. The molecule has 0 aliphatic carbocycles. The number of aromatic nitrogens is 2. The second-order valence-electron chi connectivity index (χ2n) is 19.3. The lowest BCUT2D eigenvalue weighted by Crippen LogP contribution is -2.62. The fourth-order valence-corrected chi connectivity index (χ4v) is 10.8. The number of nitrogens with one attached hydrogen (secondary N) is 1. The highest BCUT2D eigenvalue weighted by Gasteiger charge is 2.47. The third kappa shape index (κ3) is 9.90. The number of piperidine rings is 2. The van der Waals surface area contributed by atoms with E-state index in [1.807, 2.05) is 42.6 Å². The number of benzene rings is 3. The van der Waals surface area contributed by atoms with E-state index < -0.39 is 35.9 Å². The number of fused-ring (bicyclic) bond motifs is 2. The molecule has 3 aromatic carbocycles. The summed E-state index contributed by atoms with van der Waals surface area (Å²) in [5, 5.41) is 19.4. The fraction of sp³-hybridized carbons (Fsp3) is 0.440. The highest BCUT2D eigenvalue weighted by atomic mass is 35.5. The molecule has 1 aromatic heterocycles. The summed E-state index contributed by atoms with van der Waals surface area (Å²) in [5.74, 6) is -1.97. The van der Waals surface area contributed by atoms with Gasteiger partial charge in [-0.15, -0.1) is 0 Å². The molecule has 366 valence electrons. The number of carboxylic acids is 1. The summed E-state index contributed by atoms with van der Waals surface area (Å²) < 4.78 is 37.9. The molecule has 2 N–H and O–H groups in total. The number of carbonyl (C=O) groups excluding carboxylic acids is 4. The Morgan fingerprint density at radius 3 is 2.14 bits per heavy atom. The lowest BCUT2D eigenvalue weighted by Gasteiger charge is -2.49. The van der Waals surface area contributed by atoms with Gasteiger partial charge in [0.25, 0.3) is 11.8 Å². The van der Waals surface area contributed by atoms with E-state index in [0.29, 0.717) is 52.2 Å². The smallest absolute Gasteiger partial charge is 0.487 e. The van der Waals surface area contributed by atoms with Gasteiger partial charge in [0.1, 0.15) is 18.4 Å². The molecule has 4 aromatic rings. The largest absolute Gasteiger partial charge is 0.490 e. The molecule has 70 heavy (non-hydrogen) atoms. The van der Waals surface area contributed by atoms with Gasteiger partial charge in [0.2, 0.25) is 17.8 Å². The minimum absolute atomic E-state index is 0.0998. The van der Waals surface area contributed by atoms with Crippen LogP contribution in [0.25, 0.3) is 0 Å². The van der Waals surface area contributed by atoms with E-state index in [1.165, 1.54) is 0 Å². The molecule has 0 radical (unpaired) electrons. The Balaban J connectivity index is 0.000000810. The molecule has 0 bridgehead atoms. The number of nitriles is 1. The van der Waals surface area contributed by atoms with Crippen LogP contribution in [0.1, 0.15) is 82.6 Å². The van der Waals surface area contributed by atoms with Gasteiger partial charge in [0.05, 0.1) is 28.5 Å². The van der Waals surface area contributed by atoms with Crippen molar-refractivity contribution in [3.63, 3.8) is 0 Å². The van der Waals surface area contributed by atoms with Crippen LogP contribution in [0, 0.1) is 23.2 Å². The molecule has 0 spiro atoms. The first kappa shape index (κ1) is 48.4. The van der Waals surface area contributed by atoms with Crippen molar-refractivity contribution in [1.82, 2.24) is 30.0 Å². The molecule has 0 saturated carbocycles. The molecule has 4 amide bonds. The molecule has 3 atom stereocenters. The highest BCUT2D eigenvalue weighted by Crippen LogP contribution is 2.38. The van der Waals surface area contributed by atoms with Crippen molar-refractivity contribution in [3.8, 4) is 11.8 Å². The maximum atomic E-state index is 13.3. The average Bonchev–Trinajstić information content (AvgIpc) is 3.98. The number of anilines is 2. The number of aliphatic carboxylic acids is 1. The van der Waals surface area contributed by atoms with Gasteiger partial charge in [-0.3, -0.25) is 39.2 Å². The van der Waals surface area contributed by atoms with Crippen molar-refractivity contribution in [1.29, 1.82) is 5.26 Å². The number of nitrogens with zero attached hydrogens (tertiary/aromatic N) is 8. The number of imide groups is 2. The zero-order valence-corrected chi connectivity index (χ0v) is 39.2. The number of hydrogen-bond acceptors (Lipinski definition) is 13. The van der Waals surface area contributed by atoms with Crippen LogP contribution in [0.3, 0.4) is 0 Å². The number of alkyl halides is 3. The van der Waals surface area contributed by atoms with Crippen molar-refractivity contribution < 1.29 is 47.0 Å². The number of likely N-dealkylation sites (tertiary alicyclic amines) is 2. The summed E-state index contributed by atoms with van der Waals surface area (Å²) in [6.45, 7) is 12.6. The summed E-state index contributed by atoms with van der Waals surface area (Å²) in [4.78, 5) is 80.0. The van der Waals surface area contributed by atoms with Gasteiger partial charge >= 0.3 is 12.1 Å². The Labute approximate surface area is 406 Å². The van der Waals surface area contributed by atoms with Crippen molar-refractivity contribution in [3.05, 3.63) is 111 Å². The van der Waals surface area contributed by atoms with E-state index in [1.54, 1.807) is 18.2 Å². The number of halogens is 4. The molecule has 6 aliphatic heterocycles. The van der Waals surface area contributed by atoms with Crippen LogP contribution >= 0.6 is 11.6 Å². The lowest BCUT2D eigenvalue weighted by atomic mass is 9.78. The normalized spacial score (nSPS) is 22.2. The van der Waals surface area contributed by atoms with E-state index >= 15 is 0 Å². The lowest BCUT2D eigenvalue weighted by molar-refractivity contribution is -0.192. The maximum Gasteiger partial charge on any atom is 0.490 e. The summed E-state index contributed by atoms with van der Waals surface area (Å²) >= 11 is 6.31. The molecule has 5 fully saturated rings. The maximum absolute atomic E-state index is 13.3. The Hall–Kier alpha value is -6.62. The Morgan fingerprint density at radius 2 is 1.50 bits per heavy atom. The highest BCUT2D eigenvalue weighted by molar-refractivity contribution is 6.30. The molecule has 5 saturated heterocycles. The number of hydrogen-bond donors (Lipinski definition) is 2. The first-order valence-electron chi connectivity index (χ1n) is 23.3. The van der Waals surface area contributed by atoms with Gasteiger partial charge < -0.3 is 19.6 Å². The minimum atomic E-state index is -5.08. The van der Waals surface area contributed by atoms with Crippen molar-refractivity contribution in [2.24, 2.45) is 11.8 Å². The zero-order valence-electron chi connectivity index (χ0n) is 38.5. The number of carboxylic acid groups (broad SMARTS) is 1. The van der Waals surface area contributed by atoms with Crippen LogP contribution in [0.5, 0.6) is 5.75 Å². The molecular weight excluding hydrogens is 931 g/mol. The SMILES string of the molecule is CC(C)(c1ccc(OCc2ccnc(N3CC4CN(C5CCN(C6CN(c7ccc8c(c7)C(=O)N(C7CCC(=O)NC7=O)C8=O)C6)CC5)CC4C3)n2)cc1)c1cc(Cl)cc(C#N)c1.O=C(O)C(F)(F)F. The number of ether oxygens (including phenoxy) is 1. The predicted molar refractivity (Wildman–Crippen MR) is 249 cm³/mol. The van der Waals surface area contributed by atoms with Gasteiger partial charge in [-0.25, -0.2) is 14.8 Å². The van der Waals surface area contributed by atoms with Crippen LogP contribution in [-0.4, -0.2) is 136 Å². The van der Waals surface area contributed by atoms with Crippen molar-refractivity contribution >= 4 is 52.8 Å². The summed E-state index contributed by atoms with van der Waals surface area (Å²) in [6, 6.07) is 23.1. The monoisotopic (exact) mass is 981 g/mol. The number of carbonyl (C=O) groups is 5. The Kier molecular flexibility index (Phi) is 13.3. The minimum Gasteiger partial charge on any atom is -0.487 e. The topological polar surface area (TPSA) is 193 Å². The Morgan fingerprint density at radius 1 is 0.829 bits per heavy atom. The standard InChI is InChI=1S/C48H50ClN9O5.C2HF3O2/c1-48(2,33-17-29(21-50)18-34(49)19-33)32-3-6-39(7-4-32)63-28-35-11-14-51-47(52-35)57-24-30-22-55(23-31(30)25-57)36-12-15-54(16-13-36)38-26-56(27-38)37-5-8-40-41(20-37)46(62)58(45(40)61)42-9-10-43(59)53-44(42)60;3-2(4,5)1(6)7/h3-8,11,14,17-20,30-31,36,38,42H,9-10,12-13,15-16,22-28H2,1-2H3,(H,53,59,60);(H,6,7). The molecule has 7 heterocycles. The predicted octanol–water partition coefficient (Wildman–Crippen LogP) is 5.66. The molecule has 6 aliphatic rings. The second kappa shape index (κ2) is 19.3. The van der Waals surface area contributed by atoms with Gasteiger partial charge in [0, 0.05) is 93.2 Å². The van der Waals surface area contributed by atoms with E-state index in [9.17, 15) is 37.6 Å². The van der Waals surface area contributed by atoms with Crippen LogP contribution in [0.4, 0.5) is 24.8 Å². The number of rotatable bonds is 10. The third-order valence-corrected chi connectivity index (χ3v) is 14.9. The first-order chi connectivity index (χ1) is 33.4. The second-order valence-corrected chi connectivity index (χ2v) is 19.7. The third-order valence-electron chi connectivity index (χ3n) is 14.6. The Bertz CT molecular complexity index is 2740. The average molecular weight is 982 g/mol. The molecular formula is C50H51ClF3N9O7. The number of amides is 4. The van der Waals surface area contributed by atoms with Crippen molar-refractivity contribution in [2.75, 3.05) is 62.2 Å². The quantitative estimate of drug-likeness (QED) is 0.185. The van der Waals surface area contributed by atoms with Crippen LogP contribution in [-0.2, 0) is 26.4 Å². The van der Waals surface area contributed by atoms with E-state index in [0.717, 1.165) is 104 Å². The van der Waals surface area contributed by atoms with Crippen LogP contribution in [0.2, 0.25) is 5.02 Å². The summed E-state index contributed by atoms with van der Waals surface area (Å²) in [6.07, 6.45) is -0.699. The van der Waals surface area contributed by atoms with E-state index in [-0.39, 0.29) is 24.2 Å². The fourth-order valence-electron chi connectivity index (χ4n) is 10.6.